The highest BCUT2D eigenvalue weighted by molar-refractivity contribution is 7.10. The molecule has 0 spiro atoms. The molecule has 0 fully saturated rings. The minimum atomic E-state index is -0.790. The van der Waals surface area contributed by atoms with E-state index in [1.807, 2.05) is 35.7 Å². The second kappa shape index (κ2) is 10.9. The van der Waals surface area contributed by atoms with E-state index in [-0.39, 0.29) is 18.4 Å². The summed E-state index contributed by atoms with van der Waals surface area (Å²) < 4.78 is 9.67. The molecule has 31 heavy (non-hydrogen) atoms. The van der Waals surface area contributed by atoms with E-state index in [4.69, 9.17) is 9.47 Å². The van der Waals surface area contributed by atoms with Gasteiger partial charge >= 0.3 is 6.16 Å². The van der Waals surface area contributed by atoms with E-state index >= 15 is 0 Å². The Bertz CT molecular complexity index is 1030. The molecule has 160 valence electrons. The van der Waals surface area contributed by atoms with E-state index in [1.54, 1.807) is 36.5 Å². The highest BCUT2D eigenvalue weighted by Gasteiger charge is 2.09. The standard InChI is InChI=1S/C23H22N2O5S/c1-2-29-23(28)30-19-10-8-17(9-11-19)22(27)24-15-16-5-3-6-18(13-16)25-21(26)14-20-7-4-12-31-20/h3-13H,2,14-15H2,1H3,(H,24,27)(H,25,26). The molecule has 0 aliphatic heterocycles. The second-order valence-corrected chi connectivity index (χ2v) is 7.53. The Kier molecular flexibility index (Phi) is 7.78. The SMILES string of the molecule is CCOC(=O)Oc1ccc(C(=O)NCc2cccc(NC(=O)Cc3cccs3)c2)cc1. The topological polar surface area (TPSA) is 93.7 Å². The third-order valence-electron chi connectivity index (χ3n) is 4.16. The number of hydrogen-bond donors (Lipinski definition) is 2. The van der Waals surface area contributed by atoms with Crippen LogP contribution in [0.25, 0.3) is 0 Å². The van der Waals surface area contributed by atoms with E-state index in [0.717, 1.165) is 10.4 Å². The Labute approximate surface area is 184 Å². The van der Waals surface area contributed by atoms with Crippen LogP contribution < -0.4 is 15.4 Å². The maximum Gasteiger partial charge on any atom is 0.513 e. The number of nitrogens with one attached hydrogen (secondary N) is 2. The number of amides is 2. The number of carbonyl (C=O) groups is 3. The van der Waals surface area contributed by atoms with E-state index in [9.17, 15) is 14.4 Å². The van der Waals surface area contributed by atoms with Crippen molar-refractivity contribution in [2.75, 3.05) is 11.9 Å². The summed E-state index contributed by atoms with van der Waals surface area (Å²) in [5, 5.41) is 7.64. The van der Waals surface area contributed by atoms with Crippen molar-refractivity contribution >= 4 is 35.0 Å². The molecule has 8 heteroatoms. The van der Waals surface area contributed by atoms with Crippen molar-refractivity contribution in [3.63, 3.8) is 0 Å². The summed E-state index contributed by atoms with van der Waals surface area (Å²) in [6.45, 7) is 2.21. The van der Waals surface area contributed by atoms with Gasteiger partial charge < -0.3 is 20.1 Å². The molecule has 0 bridgehead atoms. The maximum atomic E-state index is 12.4. The maximum absolute atomic E-state index is 12.4. The number of thiophene rings is 1. The zero-order valence-corrected chi connectivity index (χ0v) is 17.7. The molecule has 0 saturated heterocycles. The highest BCUT2D eigenvalue weighted by Crippen LogP contribution is 2.15. The molecule has 7 nitrogen and oxygen atoms in total. The fourth-order valence-corrected chi connectivity index (χ4v) is 3.44. The summed E-state index contributed by atoms with van der Waals surface area (Å²) in [5.41, 5.74) is 1.95. The third-order valence-corrected chi connectivity index (χ3v) is 5.03. The number of benzene rings is 2. The highest BCUT2D eigenvalue weighted by atomic mass is 32.1. The van der Waals surface area contributed by atoms with Gasteiger partial charge in [-0.3, -0.25) is 9.59 Å². The molecule has 1 aromatic heterocycles. The molecular formula is C23H22N2O5S. The number of carbonyl (C=O) groups excluding carboxylic acids is 3. The second-order valence-electron chi connectivity index (χ2n) is 6.50. The average molecular weight is 439 g/mol. The van der Waals surface area contributed by atoms with Crippen LogP contribution in [0, 0.1) is 0 Å². The van der Waals surface area contributed by atoms with Gasteiger partial charge in [-0.05, 0) is 60.3 Å². The first kappa shape index (κ1) is 22.0. The number of ether oxygens (including phenoxy) is 2. The molecule has 3 aromatic rings. The Morgan fingerprint density at radius 1 is 1.00 bits per heavy atom. The zero-order valence-electron chi connectivity index (χ0n) is 16.9. The Balaban J connectivity index is 1.51. The lowest BCUT2D eigenvalue weighted by Crippen LogP contribution is -2.23. The van der Waals surface area contributed by atoms with Gasteiger partial charge in [0, 0.05) is 22.7 Å². The first-order chi connectivity index (χ1) is 15.0. The van der Waals surface area contributed by atoms with Crippen LogP contribution in [-0.2, 0) is 22.5 Å². The smallest absolute Gasteiger partial charge is 0.434 e. The summed E-state index contributed by atoms with van der Waals surface area (Å²) in [5.74, 6) is -0.0652. The molecule has 0 aliphatic rings. The quantitative estimate of drug-likeness (QED) is 0.402. The molecule has 0 unspecified atom stereocenters. The van der Waals surface area contributed by atoms with Crippen molar-refractivity contribution in [3.05, 3.63) is 82.0 Å². The average Bonchev–Trinajstić information content (AvgIpc) is 3.26. The van der Waals surface area contributed by atoms with Gasteiger partial charge in [-0.25, -0.2) is 4.79 Å². The van der Waals surface area contributed by atoms with Crippen LogP contribution in [0.4, 0.5) is 10.5 Å². The monoisotopic (exact) mass is 438 g/mol. The molecule has 0 atom stereocenters. The van der Waals surface area contributed by atoms with Crippen LogP contribution in [0.2, 0.25) is 0 Å². The van der Waals surface area contributed by atoms with Gasteiger partial charge in [-0.2, -0.15) is 0 Å². The number of anilines is 1. The van der Waals surface area contributed by atoms with Crippen LogP contribution >= 0.6 is 11.3 Å². The molecule has 0 aliphatic carbocycles. The minimum Gasteiger partial charge on any atom is -0.434 e. The lowest BCUT2D eigenvalue weighted by molar-refractivity contribution is -0.115. The van der Waals surface area contributed by atoms with Crippen LogP contribution in [0.1, 0.15) is 27.7 Å². The molecule has 0 radical (unpaired) electrons. The van der Waals surface area contributed by atoms with Crippen molar-refractivity contribution in [3.8, 4) is 5.75 Å². The molecule has 2 amide bonds. The largest absolute Gasteiger partial charge is 0.513 e. The van der Waals surface area contributed by atoms with Gasteiger partial charge in [0.2, 0.25) is 5.91 Å². The van der Waals surface area contributed by atoms with E-state index < -0.39 is 6.16 Å². The summed E-state index contributed by atoms with van der Waals surface area (Å²) in [7, 11) is 0. The Hall–Kier alpha value is -3.65. The predicted molar refractivity (Wildman–Crippen MR) is 118 cm³/mol. The van der Waals surface area contributed by atoms with Crippen LogP contribution in [0.3, 0.4) is 0 Å². The van der Waals surface area contributed by atoms with Gasteiger partial charge in [0.05, 0.1) is 13.0 Å². The van der Waals surface area contributed by atoms with Crippen molar-refractivity contribution in [1.82, 2.24) is 5.32 Å². The predicted octanol–water partition coefficient (Wildman–Crippen LogP) is 4.39. The Morgan fingerprint density at radius 2 is 1.81 bits per heavy atom. The molecule has 0 saturated carbocycles. The molecule has 1 heterocycles. The van der Waals surface area contributed by atoms with Gasteiger partial charge in [0.1, 0.15) is 5.75 Å². The van der Waals surface area contributed by atoms with E-state index in [1.165, 1.54) is 12.1 Å². The van der Waals surface area contributed by atoms with Crippen molar-refractivity contribution in [2.45, 2.75) is 19.9 Å². The van der Waals surface area contributed by atoms with Crippen LogP contribution in [0.15, 0.2) is 66.0 Å². The lowest BCUT2D eigenvalue weighted by atomic mass is 10.1. The van der Waals surface area contributed by atoms with Crippen molar-refractivity contribution in [2.24, 2.45) is 0 Å². The molecular weight excluding hydrogens is 416 g/mol. The van der Waals surface area contributed by atoms with E-state index in [2.05, 4.69) is 10.6 Å². The third kappa shape index (κ3) is 6.97. The van der Waals surface area contributed by atoms with Gasteiger partial charge in [-0.15, -0.1) is 11.3 Å². The normalized spacial score (nSPS) is 10.2. The zero-order chi connectivity index (χ0) is 22.1. The number of rotatable bonds is 8. The molecule has 2 N–H and O–H groups in total. The fourth-order valence-electron chi connectivity index (χ4n) is 2.74. The van der Waals surface area contributed by atoms with Crippen molar-refractivity contribution < 1.29 is 23.9 Å². The summed E-state index contributed by atoms with van der Waals surface area (Å²) >= 11 is 1.54. The first-order valence-electron chi connectivity index (χ1n) is 9.67. The molecule has 2 aromatic carbocycles. The summed E-state index contributed by atoms with van der Waals surface area (Å²) in [6, 6.07) is 17.3. The van der Waals surface area contributed by atoms with E-state index in [0.29, 0.717) is 30.0 Å². The summed E-state index contributed by atoms with van der Waals surface area (Å²) in [4.78, 5) is 36.9. The number of hydrogen-bond acceptors (Lipinski definition) is 6. The van der Waals surface area contributed by atoms with Crippen molar-refractivity contribution in [1.29, 1.82) is 0 Å². The lowest BCUT2D eigenvalue weighted by Gasteiger charge is -2.09. The summed E-state index contributed by atoms with van der Waals surface area (Å²) in [6.07, 6.45) is -0.462. The van der Waals surface area contributed by atoms with Gasteiger partial charge in [-0.1, -0.05) is 18.2 Å². The Morgan fingerprint density at radius 3 is 2.52 bits per heavy atom. The van der Waals surface area contributed by atoms with Crippen LogP contribution in [0.5, 0.6) is 5.75 Å². The molecule has 3 rings (SSSR count). The first-order valence-corrected chi connectivity index (χ1v) is 10.6. The van der Waals surface area contributed by atoms with Gasteiger partial charge in [0.25, 0.3) is 5.91 Å². The van der Waals surface area contributed by atoms with Gasteiger partial charge in [0.15, 0.2) is 0 Å². The fraction of sp³-hybridized carbons (Fsp3) is 0.174. The van der Waals surface area contributed by atoms with Crippen LogP contribution in [-0.4, -0.2) is 24.6 Å². The minimum absolute atomic E-state index is 0.0891.